The van der Waals surface area contributed by atoms with Crippen LogP contribution in [0.4, 0.5) is 0 Å². The van der Waals surface area contributed by atoms with E-state index in [1.54, 1.807) is 0 Å². The third-order valence-corrected chi connectivity index (χ3v) is 3.33. The molecule has 2 atom stereocenters. The van der Waals surface area contributed by atoms with Gasteiger partial charge in [-0.3, -0.25) is 9.59 Å². The molecule has 1 saturated heterocycles. The van der Waals surface area contributed by atoms with Crippen molar-refractivity contribution >= 4 is 11.8 Å². The van der Waals surface area contributed by atoms with E-state index in [1.165, 1.54) is 0 Å². The number of hydrogen-bond donors (Lipinski definition) is 4. The second-order valence-electron chi connectivity index (χ2n) is 5.13. The number of carbonyl (C=O) groups is 2. The molecule has 1 heterocycles. The summed E-state index contributed by atoms with van der Waals surface area (Å²) in [6, 6.07) is 0.243. The zero-order chi connectivity index (χ0) is 13.0. The maximum Gasteiger partial charge on any atom is 0.238 e. The normalized spacial score (nSPS) is 27.6. The summed E-state index contributed by atoms with van der Waals surface area (Å²) >= 11 is 0. The second kappa shape index (κ2) is 6.15. The number of nitrogens with one attached hydrogen (secondary N) is 4. The molecule has 0 radical (unpaired) electrons. The van der Waals surface area contributed by atoms with Crippen molar-refractivity contribution in [1.82, 2.24) is 21.3 Å². The fourth-order valence-corrected chi connectivity index (χ4v) is 1.95. The third-order valence-electron chi connectivity index (χ3n) is 3.33. The Morgan fingerprint density at radius 3 is 2.28 bits per heavy atom. The highest BCUT2D eigenvalue weighted by molar-refractivity contribution is 5.82. The molecule has 2 aliphatic rings. The van der Waals surface area contributed by atoms with Crippen LogP contribution in [0.25, 0.3) is 0 Å². The second-order valence-corrected chi connectivity index (χ2v) is 5.13. The first kappa shape index (κ1) is 13.3. The SMILES string of the molecule is CC1CNC(C(=O)NCCNC(=O)C2CC2)CN1. The van der Waals surface area contributed by atoms with Crippen molar-refractivity contribution in [2.24, 2.45) is 5.92 Å². The van der Waals surface area contributed by atoms with Gasteiger partial charge in [0.25, 0.3) is 0 Å². The minimum atomic E-state index is -0.166. The van der Waals surface area contributed by atoms with Gasteiger partial charge in [-0.1, -0.05) is 0 Å². The van der Waals surface area contributed by atoms with Crippen LogP contribution in [0.3, 0.4) is 0 Å². The number of carbonyl (C=O) groups excluding carboxylic acids is 2. The molecule has 6 heteroatoms. The van der Waals surface area contributed by atoms with Gasteiger partial charge in [0, 0.05) is 38.1 Å². The quantitative estimate of drug-likeness (QED) is 0.454. The minimum absolute atomic E-state index is 0.00456. The van der Waals surface area contributed by atoms with Gasteiger partial charge >= 0.3 is 0 Å². The summed E-state index contributed by atoms with van der Waals surface area (Å²) in [6.07, 6.45) is 2.02. The van der Waals surface area contributed by atoms with Gasteiger partial charge < -0.3 is 21.3 Å². The molecule has 1 saturated carbocycles. The van der Waals surface area contributed by atoms with Crippen LogP contribution in [0.5, 0.6) is 0 Å². The number of hydrogen-bond acceptors (Lipinski definition) is 4. The third kappa shape index (κ3) is 3.96. The van der Waals surface area contributed by atoms with Crippen LogP contribution in [0.2, 0.25) is 0 Å². The summed E-state index contributed by atoms with van der Waals surface area (Å²) in [5, 5.41) is 12.1. The van der Waals surface area contributed by atoms with E-state index in [4.69, 9.17) is 0 Å². The molecular weight excluding hydrogens is 232 g/mol. The smallest absolute Gasteiger partial charge is 0.238 e. The zero-order valence-corrected chi connectivity index (χ0v) is 10.8. The fourth-order valence-electron chi connectivity index (χ4n) is 1.95. The maximum absolute atomic E-state index is 11.8. The Morgan fingerprint density at radius 2 is 1.72 bits per heavy atom. The van der Waals surface area contributed by atoms with Gasteiger partial charge in [0.05, 0.1) is 6.04 Å². The standard InChI is InChI=1S/C12H22N4O2/c1-8-6-16-10(7-15-8)12(18)14-5-4-13-11(17)9-2-3-9/h8-10,15-16H,2-7H2,1H3,(H,13,17)(H,14,18). The summed E-state index contributed by atoms with van der Waals surface area (Å²) < 4.78 is 0. The molecule has 4 N–H and O–H groups in total. The number of piperazine rings is 1. The van der Waals surface area contributed by atoms with E-state index in [2.05, 4.69) is 28.2 Å². The Balaban J connectivity index is 1.55. The summed E-state index contributed by atoms with van der Waals surface area (Å²) in [5.41, 5.74) is 0. The minimum Gasteiger partial charge on any atom is -0.354 e. The van der Waals surface area contributed by atoms with Crippen molar-refractivity contribution in [1.29, 1.82) is 0 Å². The number of amides is 2. The lowest BCUT2D eigenvalue weighted by Gasteiger charge is -2.28. The Morgan fingerprint density at radius 1 is 1.06 bits per heavy atom. The maximum atomic E-state index is 11.8. The highest BCUT2D eigenvalue weighted by atomic mass is 16.2. The first-order valence-corrected chi connectivity index (χ1v) is 6.69. The van der Waals surface area contributed by atoms with Crippen molar-refractivity contribution < 1.29 is 9.59 Å². The highest BCUT2D eigenvalue weighted by Crippen LogP contribution is 2.28. The van der Waals surface area contributed by atoms with Crippen LogP contribution in [0.1, 0.15) is 19.8 Å². The molecule has 1 aliphatic carbocycles. The van der Waals surface area contributed by atoms with Crippen LogP contribution >= 0.6 is 0 Å². The highest BCUT2D eigenvalue weighted by Gasteiger charge is 2.29. The van der Waals surface area contributed by atoms with Crippen molar-refractivity contribution in [3.8, 4) is 0 Å². The van der Waals surface area contributed by atoms with Crippen LogP contribution in [-0.4, -0.2) is 50.1 Å². The predicted octanol–water partition coefficient (Wildman–Crippen LogP) is -1.42. The molecule has 0 aromatic carbocycles. The first-order valence-electron chi connectivity index (χ1n) is 6.69. The Labute approximate surface area is 107 Å². The van der Waals surface area contributed by atoms with Crippen molar-refractivity contribution in [3.63, 3.8) is 0 Å². The Hall–Kier alpha value is -1.14. The predicted molar refractivity (Wildman–Crippen MR) is 68.0 cm³/mol. The lowest BCUT2D eigenvalue weighted by atomic mass is 10.1. The molecular formula is C12H22N4O2. The van der Waals surface area contributed by atoms with Crippen LogP contribution in [-0.2, 0) is 9.59 Å². The molecule has 2 amide bonds. The van der Waals surface area contributed by atoms with E-state index in [0.29, 0.717) is 25.7 Å². The Bertz CT molecular complexity index is 309. The van der Waals surface area contributed by atoms with Crippen molar-refractivity contribution in [3.05, 3.63) is 0 Å². The molecule has 102 valence electrons. The topological polar surface area (TPSA) is 82.3 Å². The average molecular weight is 254 g/mol. The molecule has 18 heavy (non-hydrogen) atoms. The molecule has 0 bridgehead atoms. The summed E-state index contributed by atoms with van der Waals surface area (Å²) in [6.45, 7) is 4.54. The van der Waals surface area contributed by atoms with Crippen molar-refractivity contribution in [2.75, 3.05) is 26.2 Å². The van der Waals surface area contributed by atoms with E-state index in [0.717, 1.165) is 19.4 Å². The fraction of sp³-hybridized carbons (Fsp3) is 0.833. The zero-order valence-electron chi connectivity index (χ0n) is 10.8. The van der Waals surface area contributed by atoms with Crippen LogP contribution in [0, 0.1) is 5.92 Å². The molecule has 2 unspecified atom stereocenters. The van der Waals surface area contributed by atoms with Crippen LogP contribution in [0.15, 0.2) is 0 Å². The summed E-state index contributed by atoms with van der Waals surface area (Å²) in [7, 11) is 0. The van der Waals surface area contributed by atoms with Gasteiger partial charge in [-0.15, -0.1) is 0 Å². The summed E-state index contributed by atoms with van der Waals surface area (Å²) in [4.78, 5) is 23.1. The van der Waals surface area contributed by atoms with E-state index in [9.17, 15) is 9.59 Å². The van der Waals surface area contributed by atoms with Crippen LogP contribution < -0.4 is 21.3 Å². The lowest BCUT2D eigenvalue weighted by molar-refractivity contribution is -0.124. The molecule has 0 aromatic rings. The van der Waals surface area contributed by atoms with Gasteiger partial charge in [-0.05, 0) is 19.8 Å². The summed E-state index contributed by atoms with van der Waals surface area (Å²) in [5.74, 6) is 0.344. The van der Waals surface area contributed by atoms with Gasteiger partial charge in [0.1, 0.15) is 0 Å². The molecule has 0 spiro atoms. The van der Waals surface area contributed by atoms with Gasteiger partial charge in [-0.25, -0.2) is 0 Å². The van der Waals surface area contributed by atoms with E-state index in [-0.39, 0.29) is 23.8 Å². The van der Waals surface area contributed by atoms with Crippen molar-refractivity contribution in [2.45, 2.75) is 31.8 Å². The molecule has 0 aromatic heterocycles. The molecule has 2 fully saturated rings. The lowest BCUT2D eigenvalue weighted by Crippen LogP contribution is -2.59. The van der Waals surface area contributed by atoms with Gasteiger partial charge in [0.2, 0.25) is 11.8 Å². The van der Waals surface area contributed by atoms with E-state index < -0.39 is 0 Å². The van der Waals surface area contributed by atoms with Gasteiger partial charge in [0.15, 0.2) is 0 Å². The van der Waals surface area contributed by atoms with Gasteiger partial charge in [-0.2, -0.15) is 0 Å². The Kier molecular flexibility index (Phi) is 4.54. The van der Waals surface area contributed by atoms with E-state index in [1.807, 2.05) is 0 Å². The number of rotatable bonds is 5. The monoisotopic (exact) mass is 254 g/mol. The molecule has 1 aliphatic heterocycles. The largest absolute Gasteiger partial charge is 0.354 e. The van der Waals surface area contributed by atoms with E-state index >= 15 is 0 Å². The first-order chi connectivity index (χ1) is 8.66. The molecule has 6 nitrogen and oxygen atoms in total. The average Bonchev–Trinajstić information content (AvgIpc) is 3.19. The molecule has 2 rings (SSSR count).